The molecule has 22 heavy (non-hydrogen) atoms. The first kappa shape index (κ1) is 18.8. The molecule has 126 valence electrons. The lowest BCUT2D eigenvalue weighted by atomic mass is 10.0. The van der Waals surface area contributed by atoms with Gasteiger partial charge in [0, 0.05) is 0 Å². The first-order valence-electron chi connectivity index (χ1n) is 6.45. The van der Waals surface area contributed by atoms with Crippen molar-refractivity contribution < 1.29 is 40.9 Å². The summed E-state index contributed by atoms with van der Waals surface area (Å²) in [6.45, 7) is -1.56. The Labute approximate surface area is 125 Å². The quantitative estimate of drug-likeness (QED) is 0.234. The van der Waals surface area contributed by atoms with Crippen molar-refractivity contribution in [1.29, 1.82) is 0 Å². The van der Waals surface area contributed by atoms with Crippen LogP contribution >= 0.6 is 0 Å². The summed E-state index contributed by atoms with van der Waals surface area (Å²) >= 11 is 0. The summed E-state index contributed by atoms with van der Waals surface area (Å²) in [7, 11) is 0. The smallest absolute Gasteiger partial charge is 0.126 e. The van der Waals surface area contributed by atoms with E-state index in [2.05, 4.69) is 9.97 Å². The van der Waals surface area contributed by atoms with Gasteiger partial charge in [-0.1, -0.05) is 0 Å². The number of rotatable bonds is 8. The van der Waals surface area contributed by atoms with E-state index in [1.54, 1.807) is 0 Å². The van der Waals surface area contributed by atoms with Gasteiger partial charge < -0.3 is 40.9 Å². The summed E-state index contributed by atoms with van der Waals surface area (Å²) in [6, 6.07) is 0. The maximum Gasteiger partial charge on any atom is 0.126 e. The second-order valence-electron chi connectivity index (χ2n) is 4.74. The summed E-state index contributed by atoms with van der Waals surface area (Å²) in [4.78, 5) is 7.45. The van der Waals surface area contributed by atoms with E-state index >= 15 is 0 Å². The van der Waals surface area contributed by atoms with Crippen LogP contribution in [0.15, 0.2) is 12.4 Å². The molecule has 0 aliphatic heterocycles. The fourth-order valence-electron chi connectivity index (χ4n) is 1.67. The van der Waals surface area contributed by atoms with Crippen molar-refractivity contribution in [2.45, 2.75) is 36.6 Å². The molecule has 0 radical (unpaired) electrons. The van der Waals surface area contributed by atoms with Crippen molar-refractivity contribution >= 4 is 0 Å². The maximum atomic E-state index is 9.83. The molecule has 6 atom stereocenters. The minimum Gasteiger partial charge on any atom is -0.394 e. The van der Waals surface area contributed by atoms with Gasteiger partial charge in [0.2, 0.25) is 0 Å². The molecule has 1 rings (SSSR count). The third-order valence-corrected chi connectivity index (χ3v) is 3.09. The van der Waals surface area contributed by atoms with Crippen LogP contribution in [0.1, 0.15) is 23.6 Å². The molecule has 0 aliphatic rings. The monoisotopic (exact) mass is 320 g/mol. The highest BCUT2D eigenvalue weighted by Crippen LogP contribution is 2.21. The molecule has 0 unspecified atom stereocenters. The van der Waals surface area contributed by atoms with Crippen LogP contribution in [0.3, 0.4) is 0 Å². The zero-order valence-electron chi connectivity index (χ0n) is 11.5. The standard InChI is InChI=1S/C12H20N2O8/c15-3-7(17)11(21)9(19)5-1-13-2-6(14-5)10(20)12(22)8(18)4-16/h1-2,7-12,15-22H,3-4H2/t7-,8-,9-,10-,11-,12-/m1/s1. The average Bonchev–Trinajstić information content (AvgIpc) is 2.57. The topological polar surface area (TPSA) is 188 Å². The molecule has 1 aromatic heterocycles. The largest absolute Gasteiger partial charge is 0.394 e. The van der Waals surface area contributed by atoms with Crippen LogP contribution in [0.25, 0.3) is 0 Å². The molecule has 0 amide bonds. The predicted octanol–water partition coefficient (Wildman–Crippen LogP) is -4.03. The lowest BCUT2D eigenvalue weighted by Gasteiger charge is -2.23. The van der Waals surface area contributed by atoms with Crippen LogP contribution in [0.4, 0.5) is 0 Å². The van der Waals surface area contributed by atoms with Gasteiger partial charge in [-0.3, -0.25) is 4.98 Å². The summed E-state index contributed by atoms with van der Waals surface area (Å²) in [5, 5.41) is 74.8. The number of aromatic nitrogens is 2. The van der Waals surface area contributed by atoms with Gasteiger partial charge in [0.1, 0.15) is 36.6 Å². The molecule has 10 nitrogen and oxygen atoms in total. The highest BCUT2D eigenvalue weighted by atomic mass is 16.4. The normalized spacial score (nSPS) is 20.0. The lowest BCUT2D eigenvalue weighted by molar-refractivity contribution is -0.0826. The first-order chi connectivity index (χ1) is 10.3. The van der Waals surface area contributed by atoms with Gasteiger partial charge in [-0.25, -0.2) is 4.98 Å². The van der Waals surface area contributed by atoms with E-state index in [0.717, 1.165) is 12.4 Å². The van der Waals surface area contributed by atoms with Crippen molar-refractivity contribution in [3.8, 4) is 0 Å². The van der Waals surface area contributed by atoms with Crippen LogP contribution in [0, 0.1) is 0 Å². The minimum atomic E-state index is -1.74. The van der Waals surface area contributed by atoms with Gasteiger partial charge in [0.25, 0.3) is 0 Å². The predicted molar refractivity (Wildman–Crippen MR) is 70.2 cm³/mol. The molecule has 0 aromatic carbocycles. The zero-order chi connectivity index (χ0) is 16.9. The zero-order valence-corrected chi connectivity index (χ0v) is 11.5. The van der Waals surface area contributed by atoms with Gasteiger partial charge in [-0.05, 0) is 0 Å². The Morgan fingerprint density at radius 1 is 0.727 bits per heavy atom. The van der Waals surface area contributed by atoms with E-state index in [-0.39, 0.29) is 11.4 Å². The van der Waals surface area contributed by atoms with Crippen LogP contribution in [0.5, 0.6) is 0 Å². The van der Waals surface area contributed by atoms with E-state index in [0.29, 0.717) is 0 Å². The molecule has 0 spiro atoms. The summed E-state index contributed by atoms with van der Waals surface area (Å²) in [6.07, 6.45) is -7.95. The average molecular weight is 320 g/mol. The minimum absolute atomic E-state index is 0.220. The Kier molecular flexibility index (Phi) is 7.19. The number of aliphatic hydroxyl groups excluding tert-OH is 8. The van der Waals surface area contributed by atoms with Crippen molar-refractivity contribution in [2.75, 3.05) is 13.2 Å². The Bertz CT molecular complexity index is 425. The van der Waals surface area contributed by atoms with Crippen LogP contribution in [-0.2, 0) is 0 Å². The molecular weight excluding hydrogens is 300 g/mol. The van der Waals surface area contributed by atoms with Crippen molar-refractivity contribution in [3.05, 3.63) is 23.8 Å². The van der Waals surface area contributed by atoms with Crippen molar-refractivity contribution in [2.24, 2.45) is 0 Å². The number of nitrogens with zero attached hydrogens (tertiary/aromatic N) is 2. The fourth-order valence-corrected chi connectivity index (χ4v) is 1.67. The Morgan fingerprint density at radius 3 is 1.41 bits per heavy atom. The third kappa shape index (κ3) is 4.38. The molecule has 0 aliphatic carbocycles. The second-order valence-corrected chi connectivity index (χ2v) is 4.74. The molecule has 0 bridgehead atoms. The molecule has 1 heterocycles. The van der Waals surface area contributed by atoms with Crippen LogP contribution < -0.4 is 0 Å². The van der Waals surface area contributed by atoms with Gasteiger partial charge in [-0.2, -0.15) is 0 Å². The molecule has 10 heteroatoms. The lowest BCUT2D eigenvalue weighted by Crippen LogP contribution is -2.36. The van der Waals surface area contributed by atoms with Crippen molar-refractivity contribution in [3.63, 3.8) is 0 Å². The number of hydrogen-bond donors (Lipinski definition) is 8. The molecule has 8 N–H and O–H groups in total. The van der Waals surface area contributed by atoms with E-state index < -0.39 is 49.8 Å². The SMILES string of the molecule is OC[C@@H](O)[C@@H](O)[C@H](O)c1cncc([C@@H](O)[C@H](O)[C@H](O)CO)n1. The Hall–Kier alpha value is -1.24. The molecule has 0 saturated heterocycles. The Morgan fingerprint density at radius 2 is 1.09 bits per heavy atom. The summed E-state index contributed by atoms with van der Waals surface area (Å²) in [5.41, 5.74) is -0.440. The number of aliphatic hydroxyl groups is 8. The van der Waals surface area contributed by atoms with Crippen LogP contribution in [-0.4, -0.2) is 88.4 Å². The molecular formula is C12H20N2O8. The maximum absolute atomic E-state index is 9.83. The third-order valence-electron chi connectivity index (χ3n) is 3.09. The first-order valence-corrected chi connectivity index (χ1v) is 6.45. The van der Waals surface area contributed by atoms with Crippen LogP contribution in [0.2, 0.25) is 0 Å². The molecule has 0 fully saturated rings. The van der Waals surface area contributed by atoms with E-state index in [4.69, 9.17) is 10.2 Å². The van der Waals surface area contributed by atoms with E-state index in [1.807, 2.05) is 0 Å². The summed E-state index contributed by atoms with van der Waals surface area (Å²) < 4.78 is 0. The summed E-state index contributed by atoms with van der Waals surface area (Å²) in [5.74, 6) is 0. The highest BCUT2D eigenvalue weighted by molar-refractivity contribution is 5.11. The van der Waals surface area contributed by atoms with Gasteiger partial charge in [-0.15, -0.1) is 0 Å². The van der Waals surface area contributed by atoms with Gasteiger partial charge in [0.05, 0.1) is 37.0 Å². The molecule has 1 aromatic rings. The second kappa shape index (κ2) is 8.41. The molecule has 0 saturated carbocycles. The van der Waals surface area contributed by atoms with Gasteiger partial charge in [0.15, 0.2) is 0 Å². The van der Waals surface area contributed by atoms with Gasteiger partial charge >= 0.3 is 0 Å². The fraction of sp³-hybridized carbons (Fsp3) is 0.667. The van der Waals surface area contributed by atoms with E-state index in [1.165, 1.54) is 0 Å². The Balaban J connectivity index is 2.94. The highest BCUT2D eigenvalue weighted by Gasteiger charge is 2.30. The van der Waals surface area contributed by atoms with Crippen molar-refractivity contribution in [1.82, 2.24) is 9.97 Å². The van der Waals surface area contributed by atoms with E-state index in [9.17, 15) is 30.6 Å². The number of hydrogen-bond acceptors (Lipinski definition) is 10.